The summed E-state index contributed by atoms with van der Waals surface area (Å²) in [6.45, 7) is 5.35. The summed E-state index contributed by atoms with van der Waals surface area (Å²) in [6, 6.07) is 6.86. The molecule has 1 aromatic carbocycles. The van der Waals surface area contributed by atoms with Crippen LogP contribution in [-0.4, -0.2) is 17.1 Å². The van der Waals surface area contributed by atoms with Crippen LogP contribution in [0.2, 0.25) is 10.0 Å². The topological polar surface area (TPSA) is 74.2 Å². The molecule has 136 valence electrons. The highest BCUT2D eigenvalue weighted by Crippen LogP contribution is 2.31. The van der Waals surface area contributed by atoms with E-state index in [2.05, 4.69) is 16.7 Å². The number of nitrogens with zero attached hydrogens (tertiary/aromatic N) is 1. The van der Waals surface area contributed by atoms with E-state index in [1.165, 1.54) is 17.4 Å². The predicted octanol–water partition coefficient (Wildman–Crippen LogP) is 4.82. The second-order valence-electron chi connectivity index (χ2n) is 5.38. The average molecular weight is 428 g/mol. The largest absolute Gasteiger partial charge is 0.479 e. The fourth-order valence-electron chi connectivity index (χ4n) is 2.01. The van der Waals surface area contributed by atoms with E-state index in [1.54, 1.807) is 19.1 Å². The van der Waals surface area contributed by atoms with Crippen molar-refractivity contribution in [2.24, 2.45) is 0 Å². The quantitative estimate of drug-likeness (QED) is 0.683. The lowest BCUT2D eigenvalue weighted by Gasteiger charge is -2.16. The maximum atomic E-state index is 12.3. The lowest BCUT2D eigenvalue weighted by Crippen LogP contribution is -2.42. The first-order chi connectivity index (χ1) is 12.2. The number of benzene rings is 1. The monoisotopic (exact) mass is 427 g/mol. The Labute approximate surface area is 170 Å². The van der Waals surface area contributed by atoms with Crippen LogP contribution in [0.1, 0.15) is 22.9 Å². The second kappa shape index (κ2) is 8.69. The first-order valence-electron chi connectivity index (χ1n) is 7.46. The van der Waals surface area contributed by atoms with E-state index in [0.29, 0.717) is 26.4 Å². The van der Waals surface area contributed by atoms with Gasteiger partial charge in [0, 0.05) is 9.90 Å². The number of carbonyl (C=O) groups is 1. The Morgan fingerprint density at radius 3 is 2.69 bits per heavy atom. The Bertz CT molecular complexity index is 906. The van der Waals surface area contributed by atoms with E-state index in [-0.39, 0.29) is 5.11 Å². The van der Waals surface area contributed by atoms with E-state index in [9.17, 15) is 10.1 Å². The molecule has 0 radical (unpaired) electrons. The summed E-state index contributed by atoms with van der Waals surface area (Å²) in [5, 5.41) is 16.1. The molecule has 0 aliphatic heterocycles. The van der Waals surface area contributed by atoms with Crippen LogP contribution < -0.4 is 15.4 Å². The third kappa shape index (κ3) is 4.86. The maximum absolute atomic E-state index is 12.3. The van der Waals surface area contributed by atoms with E-state index < -0.39 is 12.0 Å². The van der Waals surface area contributed by atoms with E-state index >= 15 is 0 Å². The van der Waals surface area contributed by atoms with Crippen molar-refractivity contribution in [3.8, 4) is 11.8 Å². The molecule has 1 amide bonds. The summed E-state index contributed by atoms with van der Waals surface area (Å²) in [4.78, 5) is 13.3. The summed E-state index contributed by atoms with van der Waals surface area (Å²) < 4.78 is 5.54. The fourth-order valence-corrected chi connectivity index (χ4v) is 3.75. The Morgan fingerprint density at radius 1 is 1.38 bits per heavy atom. The van der Waals surface area contributed by atoms with Gasteiger partial charge >= 0.3 is 0 Å². The summed E-state index contributed by atoms with van der Waals surface area (Å²) in [6.07, 6.45) is -0.837. The van der Waals surface area contributed by atoms with Crippen LogP contribution in [0.15, 0.2) is 18.2 Å². The third-order valence-electron chi connectivity index (χ3n) is 3.53. The van der Waals surface area contributed by atoms with Crippen molar-refractivity contribution in [1.82, 2.24) is 5.32 Å². The fraction of sp³-hybridized carbons (Fsp3) is 0.235. The SMILES string of the molecule is Cc1sc(NC(=S)NC(=O)C(C)Oc2ccc(Cl)cc2Cl)c(C#N)c1C. The number of nitriles is 1. The van der Waals surface area contributed by atoms with Gasteiger partial charge in [-0.3, -0.25) is 10.1 Å². The van der Waals surface area contributed by atoms with Gasteiger partial charge in [0.15, 0.2) is 11.2 Å². The molecule has 0 spiro atoms. The molecule has 0 aliphatic carbocycles. The van der Waals surface area contributed by atoms with E-state index in [0.717, 1.165) is 10.4 Å². The van der Waals surface area contributed by atoms with Gasteiger partial charge in [0.05, 0.1) is 10.6 Å². The number of thiophene rings is 1. The van der Waals surface area contributed by atoms with Gasteiger partial charge in [-0.25, -0.2) is 0 Å². The number of ether oxygens (including phenoxy) is 1. The van der Waals surface area contributed by atoms with Crippen LogP contribution in [0, 0.1) is 25.2 Å². The molecule has 0 saturated heterocycles. The molecule has 26 heavy (non-hydrogen) atoms. The Hall–Kier alpha value is -1.85. The third-order valence-corrected chi connectivity index (χ3v) is 5.39. The minimum Gasteiger partial charge on any atom is -0.479 e. The van der Waals surface area contributed by atoms with Gasteiger partial charge in [-0.15, -0.1) is 11.3 Å². The van der Waals surface area contributed by atoms with Gasteiger partial charge in [-0.1, -0.05) is 23.2 Å². The molecular weight excluding hydrogens is 413 g/mol. The Balaban J connectivity index is 1.99. The molecule has 1 unspecified atom stereocenters. The smallest absolute Gasteiger partial charge is 0.266 e. The van der Waals surface area contributed by atoms with Crippen molar-refractivity contribution >= 4 is 62.8 Å². The standard InChI is InChI=1S/C17H15Cl2N3O2S2/c1-8-10(3)26-16(12(8)7-20)22-17(25)21-15(23)9(2)24-14-5-4-11(18)6-13(14)19/h4-6,9H,1-3H3,(H2,21,22,23,25). The molecule has 0 fully saturated rings. The van der Waals surface area contributed by atoms with E-state index in [1.807, 2.05) is 13.8 Å². The van der Waals surface area contributed by atoms with E-state index in [4.69, 9.17) is 40.2 Å². The number of anilines is 1. The van der Waals surface area contributed by atoms with Gasteiger partial charge in [0.1, 0.15) is 16.8 Å². The summed E-state index contributed by atoms with van der Waals surface area (Å²) in [5.41, 5.74) is 1.41. The van der Waals surface area contributed by atoms with Gasteiger partial charge in [0.2, 0.25) is 0 Å². The van der Waals surface area contributed by atoms with Crippen molar-refractivity contribution in [3.63, 3.8) is 0 Å². The zero-order chi connectivity index (χ0) is 19.4. The highest BCUT2D eigenvalue weighted by molar-refractivity contribution is 7.80. The van der Waals surface area contributed by atoms with Gasteiger partial charge in [0.25, 0.3) is 5.91 Å². The molecule has 1 aromatic heterocycles. The zero-order valence-corrected chi connectivity index (χ0v) is 17.3. The van der Waals surface area contributed by atoms with Crippen LogP contribution in [-0.2, 0) is 4.79 Å². The molecular formula is C17H15Cl2N3O2S2. The van der Waals surface area contributed by atoms with Gasteiger partial charge < -0.3 is 10.1 Å². The number of thiocarbonyl (C=S) groups is 1. The number of hydrogen-bond acceptors (Lipinski definition) is 5. The number of halogens is 2. The highest BCUT2D eigenvalue weighted by atomic mass is 35.5. The minimum absolute atomic E-state index is 0.0883. The van der Waals surface area contributed by atoms with Crippen LogP contribution in [0.5, 0.6) is 5.75 Å². The molecule has 0 bridgehead atoms. The molecule has 2 N–H and O–H groups in total. The lowest BCUT2D eigenvalue weighted by atomic mass is 10.2. The number of carbonyl (C=O) groups excluding carboxylic acids is 1. The Morgan fingerprint density at radius 2 is 2.08 bits per heavy atom. The summed E-state index contributed by atoms with van der Waals surface area (Å²) in [5.74, 6) is -0.106. The van der Waals surface area contributed by atoms with Gasteiger partial charge in [-0.05, 0) is 56.8 Å². The first-order valence-corrected chi connectivity index (χ1v) is 9.44. The average Bonchev–Trinajstić information content (AvgIpc) is 2.83. The normalized spacial score (nSPS) is 11.4. The number of aryl methyl sites for hydroxylation is 1. The lowest BCUT2D eigenvalue weighted by molar-refractivity contribution is -0.125. The van der Waals surface area contributed by atoms with Crippen molar-refractivity contribution in [3.05, 3.63) is 44.2 Å². The van der Waals surface area contributed by atoms with Crippen molar-refractivity contribution < 1.29 is 9.53 Å². The van der Waals surface area contributed by atoms with Crippen LogP contribution in [0.25, 0.3) is 0 Å². The molecule has 1 atom stereocenters. The molecule has 2 rings (SSSR count). The number of hydrogen-bond donors (Lipinski definition) is 2. The maximum Gasteiger partial charge on any atom is 0.266 e. The number of rotatable bonds is 4. The summed E-state index contributed by atoms with van der Waals surface area (Å²) >= 11 is 18.4. The zero-order valence-electron chi connectivity index (χ0n) is 14.1. The molecule has 5 nitrogen and oxygen atoms in total. The number of nitrogens with one attached hydrogen (secondary N) is 2. The van der Waals surface area contributed by atoms with Gasteiger partial charge in [-0.2, -0.15) is 5.26 Å². The molecule has 0 saturated carbocycles. The highest BCUT2D eigenvalue weighted by Gasteiger charge is 2.19. The minimum atomic E-state index is -0.837. The predicted molar refractivity (Wildman–Crippen MR) is 109 cm³/mol. The van der Waals surface area contributed by atoms with Crippen LogP contribution in [0.3, 0.4) is 0 Å². The number of amides is 1. The van der Waals surface area contributed by atoms with Crippen molar-refractivity contribution in [2.45, 2.75) is 26.9 Å². The van der Waals surface area contributed by atoms with Crippen molar-refractivity contribution in [1.29, 1.82) is 5.26 Å². The first kappa shape index (κ1) is 20.5. The van der Waals surface area contributed by atoms with Crippen LogP contribution in [0.4, 0.5) is 5.00 Å². The molecule has 0 aliphatic rings. The second-order valence-corrected chi connectivity index (χ2v) is 7.85. The van der Waals surface area contributed by atoms with Crippen LogP contribution >= 0.6 is 46.8 Å². The Kier molecular flexibility index (Phi) is 6.84. The van der Waals surface area contributed by atoms with Crippen molar-refractivity contribution in [2.75, 3.05) is 5.32 Å². The molecule has 9 heteroatoms. The molecule has 2 aromatic rings. The molecule has 1 heterocycles. The summed E-state index contributed by atoms with van der Waals surface area (Å²) in [7, 11) is 0.